The largest absolute Gasteiger partial charge is 0.462 e. The second kappa shape index (κ2) is 51.3. The number of unbranched alkanes of at least 4 members (excludes halogenated alkanes) is 35. The monoisotopic (exact) mass is 888 g/mol. The van der Waals surface area contributed by atoms with Gasteiger partial charge in [0.05, 0.1) is 25.2 Å². The first-order chi connectivity index (χ1) is 31.0. The number of carbonyl (C=O) groups is 2. The van der Waals surface area contributed by atoms with Gasteiger partial charge in [-0.05, 0) is 57.8 Å². The predicted molar refractivity (Wildman–Crippen MR) is 273 cm³/mol. The van der Waals surface area contributed by atoms with Gasteiger partial charge in [0.2, 0.25) is 5.91 Å². The van der Waals surface area contributed by atoms with Crippen LogP contribution in [-0.4, -0.2) is 46.9 Å². The van der Waals surface area contributed by atoms with Crippen LogP contribution in [0.2, 0.25) is 0 Å². The van der Waals surface area contributed by atoms with E-state index in [9.17, 15) is 19.8 Å². The molecule has 0 aromatic carbocycles. The Balaban J connectivity index is 4.31. The zero-order chi connectivity index (χ0) is 45.9. The smallest absolute Gasteiger partial charge is 0.306 e. The number of allylic oxidation sites excluding steroid dienone is 4. The number of hydrogen-bond donors (Lipinski definition) is 3. The van der Waals surface area contributed by atoms with Crippen LogP contribution in [0.25, 0.3) is 0 Å². The number of carbonyl (C=O) groups excluding carboxylic acids is 2. The van der Waals surface area contributed by atoms with Crippen molar-refractivity contribution >= 4 is 11.9 Å². The molecule has 0 bridgehead atoms. The Hall–Kier alpha value is -1.66. The Morgan fingerprint density at radius 1 is 0.460 bits per heavy atom. The van der Waals surface area contributed by atoms with Gasteiger partial charge < -0.3 is 20.3 Å². The van der Waals surface area contributed by atoms with Gasteiger partial charge in [-0.3, -0.25) is 9.59 Å². The molecule has 63 heavy (non-hydrogen) atoms. The standard InChI is InChI=1S/C57H109NO5/c1-4-7-10-13-16-19-21-23-25-27-28-30-32-34-36-38-41-44-47-50-57(62)63-53(48-45-42-39-18-15-12-9-6-3)51-56(61)58-54(52-59)55(60)49-46-43-40-37-35-33-31-29-26-24-22-20-17-14-11-8-5-2/h16,19,23,25,53-55,59-60H,4-15,17-18,20-22,24,26-52H2,1-3H3,(H,58,61)/b19-16-,25-23-. The average Bonchev–Trinajstić information content (AvgIpc) is 3.28. The highest BCUT2D eigenvalue weighted by Crippen LogP contribution is 2.19. The van der Waals surface area contributed by atoms with Gasteiger partial charge in [-0.25, -0.2) is 0 Å². The minimum absolute atomic E-state index is 0.0808. The zero-order valence-corrected chi connectivity index (χ0v) is 42.5. The Morgan fingerprint density at radius 3 is 1.24 bits per heavy atom. The summed E-state index contributed by atoms with van der Waals surface area (Å²) >= 11 is 0. The lowest BCUT2D eigenvalue weighted by Gasteiger charge is -2.24. The molecule has 0 aromatic rings. The molecule has 372 valence electrons. The van der Waals surface area contributed by atoms with Gasteiger partial charge in [0.25, 0.3) is 0 Å². The highest BCUT2D eigenvalue weighted by atomic mass is 16.5. The molecule has 6 heteroatoms. The van der Waals surface area contributed by atoms with Crippen molar-refractivity contribution in [2.24, 2.45) is 0 Å². The van der Waals surface area contributed by atoms with Gasteiger partial charge in [-0.2, -0.15) is 0 Å². The second-order valence-electron chi connectivity index (χ2n) is 19.3. The molecule has 0 saturated carbocycles. The van der Waals surface area contributed by atoms with Crippen LogP contribution in [0.15, 0.2) is 24.3 Å². The van der Waals surface area contributed by atoms with Crippen molar-refractivity contribution < 1.29 is 24.5 Å². The van der Waals surface area contributed by atoms with Gasteiger partial charge in [0.1, 0.15) is 6.10 Å². The fourth-order valence-electron chi connectivity index (χ4n) is 8.76. The summed E-state index contributed by atoms with van der Waals surface area (Å²) in [7, 11) is 0. The van der Waals surface area contributed by atoms with Crippen LogP contribution < -0.4 is 5.32 Å². The van der Waals surface area contributed by atoms with Crippen molar-refractivity contribution in [3.8, 4) is 0 Å². The summed E-state index contributed by atoms with van der Waals surface area (Å²) in [4.78, 5) is 26.1. The summed E-state index contributed by atoms with van der Waals surface area (Å²) in [6, 6.07) is -0.697. The predicted octanol–water partition coefficient (Wildman–Crippen LogP) is 17.1. The maximum absolute atomic E-state index is 13.2. The van der Waals surface area contributed by atoms with Gasteiger partial charge in [0.15, 0.2) is 0 Å². The summed E-state index contributed by atoms with van der Waals surface area (Å²) in [5, 5.41) is 23.8. The first-order valence-corrected chi connectivity index (χ1v) is 28.1. The molecule has 1 amide bonds. The summed E-state index contributed by atoms with van der Waals surface area (Å²) < 4.78 is 5.93. The van der Waals surface area contributed by atoms with Crippen LogP contribution in [0.5, 0.6) is 0 Å². The topological polar surface area (TPSA) is 95.9 Å². The molecule has 6 nitrogen and oxygen atoms in total. The average molecular weight is 889 g/mol. The van der Waals surface area contributed by atoms with Crippen LogP contribution in [0.1, 0.15) is 303 Å². The van der Waals surface area contributed by atoms with E-state index in [0.29, 0.717) is 19.3 Å². The highest BCUT2D eigenvalue weighted by Gasteiger charge is 2.24. The molecule has 0 aliphatic heterocycles. The number of aliphatic hydroxyl groups excluding tert-OH is 2. The van der Waals surface area contributed by atoms with E-state index in [1.54, 1.807) is 0 Å². The lowest BCUT2D eigenvalue weighted by Crippen LogP contribution is -2.46. The molecule has 0 fully saturated rings. The maximum atomic E-state index is 13.2. The minimum atomic E-state index is -0.783. The molecule has 0 aliphatic carbocycles. The lowest BCUT2D eigenvalue weighted by molar-refractivity contribution is -0.151. The van der Waals surface area contributed by atoms with E-state index in [1.807, 2.05) is 0 Å². The van der Waals surface area contributed by atoms with Crippen molar-refractivity contribution in [1.29, 1.82) is 0 Å². The van der Waals surface area contributed by atoms with Gasteiger partial charge >= 0.3 is 5.97 Å². The maximum Gasteiger partial charge on any atom is 0.306 e. The summed E-state index contributed by atoms with van der Waals surface area (Å²) in [5.74, 6) is -0.466. The Labute approximate surface area is 392 Å². The van der Waals surface area contributed by atoms with E-state index in [4.69, 9.17) is 4.74 Å². The molecule has 0 rings (SSSR count). The third kappa shape index (κ3) is 46.7. The lowest BCUT2D eigenvalue weighted by atomic mass is 10.0. The molecule has 0 aliphatic rings. The summed E-state index contributed by atoms with van der Waals surface area (Å²) in [6.07, 6.45) is 59.7. The molecule has 3 N–H and O–H groups in total. The quantitative estimate of drug-likeness (QED) is 0.0321. The van der Waals surface area contributed by atoms with Crippen molar-refractivity contribution in [3.63, 3.8) is 0 Å². The molecule has 0 heterocycles. The number of amides is 1. The number of rotatable bonds is 51. The summed E-state index contributed by atoms with van der Waals surface area (Å²) in [6.45, 7) is 6.47. The summed E-state index contributed by atoms with van der Waals surface area (Å²) in [5.41, 5.74) is 0. The van der Waals surface area contributed by atoms with Crippen LogP contribution in [0.3, 0.4) is 0 Å². The number of nitrogens with one attached hydrogen (secondary N) is 1. The van der Waals surface area contributed by atoms with E-state index in [-0.39, 0.29) is 24.9 Å². The molecule has 0 radical (unpaired) electrons. The van der Waals surface area contributed by atoms with E-state index >= 15 is 0 Å². The van der Waals surface area contributed by atoms with Crippen molar-refractivity contribution in [2.75, 3.05) is 6.61 Å². The molecule has 0 aromatic heterocycles. The first kappa shape index (κ1) is 61.3. The Morgan fingerprint density at radius 2 is 0.810 bits per heavy atom. The third-order valence-electron chi connectivity index (χ3n) is 13.0. The van der Waals surface area contributed by atoms with Crippen molar-refractivity contribution in [1.82, 2.24) is 5.32 Å². The van der Waals surface area contributed by atoms with Crippen molar-refractivity contribution in [3.05, 3.63) is 24.3 Å². The van der Waals surface area contributed by atoms with Crippen LogP contribution in [0, 0.1) is 0 Å². The van der Waals surface area contributed by atoms with Gasteiger partial charge in [-0.1, -0.05) is 257 Å². The van der Waals surface area contributed by atoms with Crippen molar-refractivity contribution in [2.45, 2.75) is 322 Å². The molecule has 0 spiro atoms. The number of aliphatic hydroxyl groups is 2. The fourth-order valence-corrected chi connectivity index (χ4v) is 8.76. The van der Waals surface area contributed by atoms with Crippen LogP contribution in [0.4, 0.5) is 0 Å². The van der Waals surface area contributed by atoms with E-state index in [1.165, 1.54) is 205 Å². The van der Waals surface area contributed by atoms with E-state index in [2.05, 4.69) is 50.4 Å². The molecular weight excluding hydrogens is 779 g/mol. The molecule has 3 atom stereocenters. The molecular formula is C57H109NO5. The molecule has 3 unspecified atom stereocenters. The number of hydrogen-bond acceptors (Lipinski definition) is 5. The zero-order valence-electron chi connectivity index (χ0n) is 42.5. The second-order valence-corrected chi connectivity index (χ2v) is 19.3. The van der Waals surface area contributed by atoms with E-state index in [0.717, 1.165) is 51.4 Å². The van der Waals surface area contributed by atoms with Gasteiger partial charge in [-0.15, -0.1) is 0 Å². The van der Waals surface area contributed by atoms with E-state index < -0.39 is 18.2 Å². The first-order valence-electron chi connectivity index (χ1n) is 28.1. The molecule has 0 saturated heterocycles. The van der Waals surface area contributed by atoms with Crippen LogP contribution >= 0.6 is 0 Å². The van der Waals surface area contributed by atoms with Crippen LogP contribution in [-0.2, 0) is 14.3 Å². The highest BCUT2D eigenvalue weighted by molar-refractivity contribution is 5.77. The fraction of sp³-hybridized carbons (Fsp3) is 0.895. The Bertz CT molecular complexity index is 997. The third-order valence-corrected chi connectivity index (χ3v) is 13.0. The number of ether oxygens (including phenoxy) is 1. The number of esters is 1. The normalized spacial score (nSPS) is 13.3. The Kier molecular flexibility index (Phi) is 50.0. The van der Waals surface area contributed by atoms with Gasteiger partial charge in [0, 0.05) is 6.42 Å². The minimum Gasteiger partial charge on any atom is -0.462 e. The SMILES string of the molecule is CCCCC/C=C\C/C=C\CCCCCCCCCCCC(=O)OC(CCCCCCCCCC)CC(=O)NC(CO)C(O)CCCCCCCCCCCCCCCCCCC.